The minimum absolute atomic E-state index is 0.248. The highest BCUT2D eigenvalue weighted by atomic mass is 16.5. The number of nitrogens with two attached hydrogens (primary N) is 1. The Morgan fingerprint density at radius 1 is 1.42 bits per heavy atom. The van der Waals surface area contributed by atoms with Gasteiger partial charge in [0, 0.05) is 0 Å². The highest BCUT2D eigenvalue weighted by Gasteiger charge is 2.22. The van der Waals surface area contributed by atoms with Gasteiger partial charge in [0.1, 0.15) is 5.75 Å². The van der Waals surface area contributed by atoms with Crippen LogP contribution in [0.25, 0.3) is 11.4 Å². The summed E-state index contributed by atoms with van der Waals surface area (Å²) in [4.78, 5) is 4.27. The third-order valence-electron chi connectivity index (χ3n) is 3.36. The maximum atomic E-state index is 5.98. The Bertz CT molecular complexity index is 576. The predicted octanol–water partition coefficient (Wildman–Crippen LogP) is 2.44. The minimum Gasteiger partial charge on any atom is -0.490 e. The monoisotopic (exact) mass is 259 g/mol. The third-order valence-corrected chi connectivity index (χ3v) is 3.36. The molecule has 5 heteroatoms. The molecule has 100 valence electrons. The largest absolute Gasteiger partial charge is 0.490 e. The second-order valence-electron chi connectivity index (χ2n) is 4.89. The first-order chi connectivity index (χ1) is 9.26. The fourth-order valence-electron chi connectivity index (χ4n) is 2.04. The Morgan fingerprint density at radius 3 is 2.89 bits per heavy atom. The van der Waals surface area contributed by atoms with Crippen molar-refractivity contribution in [2.75, 3.05) is 0 Å². The Morgan fingerprint density at radius 2 is 2.26 bits per heavy atom. The molecule has 2 aromatic rings. The molecule has 0 spiro atoms. The summed E-state index contributed by atoms with van der Waals surface area (Å²) in [5.41, 5.74) is 7.50. The molecule has 0 saturated heterocycles. The molecule has 0 amide bonds. The van der Waals surface area contributed by atoms with Crippen molar-refractivity contribution in [3.8, 4) is 17.1 Å². The average molecular weight is 259 g/mol. The number of hydrogen-bond acceptors (Lipinski definition) is 5. The Kier molecular flexibility index (Phi) is 3.21. The number of nitrogens with zero attached hydrogens (tertiary/aromatic N) is 2. The Labute approximate surface area is 111 Å². The topological polar surface area (TPSA) is 74.2 Å². The summed E-state index contributed by atoms with van der Waals surface area (Å²) in [5, 5.41) is 3.96. The number of rotatable bonds is 4. The fraction of sp³-hybridized carbons (Fsp3) is 0.429. The second kappa shape index (κ2) is 5.01. The van der Waals surface area contributed by atoms with Crippen molar-refractivity contribution >= 4 is 0 Å². The van der Waals surface area contributed by atoms with Crippen LogP contribution in [0.3, 0.4) is 0 Å². The molecule has 1 heterocycles. The number of aromatic nitrogens is 2. The van der Waals surface area contributed by atoms with Gasteiger partial charge in [-0.05, 0) is 38.3 Å². The third kappa shape index (κ3) is 2.46. The van der Waals surface area contributed by atoms with Gasteiger partial charge in [0.25, 0.3) is 0 Å². The van der Waals surface area contributed by atoms with Gasteiger partial charge >= 0.3 is 0 Å². The molecular formula is C14H17N3O2. The zero-order valence-electron chi connectivity index (χ0n) is 10.9. The van der Waals surface area contributed by atoms with E-state index >= 15 is 0 Å². The first kappa shape index (κ1) is 12.2. The summed E-state index contributed by atoms with van der Waals surface area (Å²) in [5.74, 6) is 1.80. The molecule has 0 aliphatic heterocycles. The summed E-state index contributed by atoms with van der Waals surface area (Å²) in [7, 11) is 0. The summed E-state index contributed by atoms with van der Waals surface area (Å²) in [6.45, 7) is 2.28. The van der Waals surface area contributed by atoms with E-state index in [1.54, 1.807) is 0 Å². The van der Waals surface area contributed by atoms with E-state index in [-0.39, 0.29) is 6.54 Å². The lowest BCUT2D eigenvalue weighted by atomic mass is 9.96. The molecule has 0 radical (unpaired) electrons. The van der Waals surface area contributed by atoms with Gasteiger partial charge < -0.3 is 15.0 Å². The summed E-state index contributed by atoms with van der Waals surface area (Å²) in [6.07, 6.45) is 3.80. The summed E-state index contributed by atoms with van der Waals surface area (Å²) >= 11 is 0. The van der Waals surface area contributed by atoms with Crippen molar-refractivity contribution in [3.05, 3.63) is 29.7 Å². The van der Waals surface area contributed by atoms with Crippen molar-refractivity contribution in [3.63, 3.8) is 0 Å². The maximum absolute atomic E-state index is 5.98. The van der Waals surface area contributed by atoms with Crippen molar-refractivity contribution in [2.45, 2.75) is 38.8 Å². The molecule has 3 rings (SSSR count). The quantitative estimate of drug-likeness (QED) is 0.912. The van der Waals surface area contributed by atoms with Crippen LogP contribution in [0.1, 0.15) is 30.7 Å². The van der Waals surface area contributed by atoms with Crippen LogP contribution in [0.5, 0.6) is 5.75 Å². The van der Waals surface area contributed by atoms with Crippen LogP contribution in [0.15, 0.2) is 22.7 Å². The maximum Gasteiger partial charge on any atom is 0.240 e. The zero-order chi connectivity index (χ0) is 13.2. The van der Waals surface area contributed by atoms with E-state index in [0.717, 1.165) is 29.7 Å². The molecule has 1 aliphatic rings. The SMILES string of the molecule is Cc1ccc(OC2CCC2)c(-c2noc(CN)n2)c1. The van der Waals surface area contributed by atoms with Gasteiger partial charge in [0.05, 0.1) is 18.2 Å². The van der Waals surface area contributed by atoms with Gasteiger partial charge in [0.2, 0.25) is 11.7 Å². The molecule has 5 nitrogen and oxygen atoms in total. The van der Waals surface area contributed by atoms with Crippen molar-refractivity contribution in [2.24, 2.45) is 5.73 Å². The lowest BCUT2D eigenvalue weighted by Gasteiger charge is -2.27. The molecule has 1 fully saturated rings. The van der Waals surface area contributed by atoms with Gasteiger partial charge in [-0.15, -0.1) is 0 Å². The van der Waals surface area contributed by atoms with Crippen LogP contribution in [0.2, 0.25) is 0 Å². The fourth-order valence-corrected chi connectivity index (χ4v) is 2.04. The first-order valence-corrected chi connectivity index (χ1v) is 6.56. The van der Waals surface area contributed by atoms with Crippen LogP contribution in [0.4, 0.5) is 0 Å². The predicted molar refractivity (Wildman–Crippen MR) is 70.6 cm³/mol. The van der Waals surface area contributed by atoms with Gasteiger partial charge in [-0.25, -0.2) is 0 Å². The molecule has 1 saturated carbocycles. The normalized spacial score (nSPS) is 15.3. The van der Waals surface area contributed by atoms with E-state index in [1.807, 2.05) is 25.1 Å². The molecule has 2 N–H and O–H groups in total. The molecule has 0 atom stereocenters. The standard InChI is InChI=1S/C14H17N3O2/c1-9-5-6-12(18-10-3-2-4-10)11(7-9)14-16-13(8-15)19-17-14/h5-7,10H,2-4,8,15H2,1H3. The lowest BCUT2D eigenvalue weighted by molar-refractivity contribution is 0.121. The molecule has 0 bridgehead atoms. The molecular weight excluding hydrogens is 242 g/mol. The van der Waals surface area contributed by atoms with Crippen molar-refractivity contribution in [1.82, 2.24) is 10.1 Å². The highest BCUT2D eigenvalue weighted by molar-refractivity contribution is 5.64. The highest BCUT2D eigenvalue weighted by Crippen LogP contribution is 2.33. The van der Waals surface area contributed by atoms with Crippen LogP contribution >= 0.6 is 0 Å². The minimum atomic E-state index is 0.248. The molecule has 1 aromatic carbocycles. The van der Waals surface area contributed by atoms with Crippen molar-refractivity contribution < 1.29 is 9.26 Å². The smallest absolute Gasteiger partial charge is 0.240 e. The van der Waals surface area contributed by atoms with E-state index in [2.05, 4.69) is 10.1 Å². The van der Waals surface area contributed by atoms with Gasteiger partial charge in [-0.2, -0.15) is 4.98 Å². The van der Waals surface area contributed by atoms with Gasteiger partial charge in [-0.3, -0.25) is 0 Å². The molecule has 19 heavy (non-hydrogen) atoms. The second-order valence-corrected chi connectivity index (χ2v) is 4.89. The van der Waals surface area contributed by atoms with Gasteiger partial charge in [0.15, 0.2) is 0 Å². The van der Waals surface area contributed by atoms with E-state index in [9.17, 15) is 0 Å². The number of hydrogen-bond donors (Lipinski definition) is 1. The molecule has 1 aromatic heterocycles. The zero-order valence-corrected chi connectivity index (χ0v) is 10.9. The summed E-state index contributed by atoms with van der Waals surface area (Å²) < 4.78 is 11.0. The number of benzene rings is 1. The number of aryl methyl sites for hydroxylation is 1. The van der Waals surface area contributed by atoms with Crippen LogP contribution in [0, 0.1) is 6.92 Å². The van der Waals surface area contributed by atoms with Gasteiger partial charge in [-0.1, -0.05) is 16.8 Å². The van der Waals surface area contributed by atoms with Crippen LogP contribution < -0.4 is 10.5 Å². The van der Waals surface area contributed by atoms with Crippen LogP contribution in [-0.4, -0.2) is 16.2 Å². The van der Waals surface area contributed by atoms with E-state index in [0.29, 0.717) is 17.8 Å². The number of ether oxygens (including phenoxy) is 1. The average Bonchev–Trinajstić information content (AvgIpc) is 2.83. The summed E-state index contributed by atoms with van der Waals surface area (Å²) in [6, 6.07) is 6.02. The molecule has 0 unspecified atom stereocenters. The van der Waals surface area contributed by atoms with Crippen LogP contribution in [-0.2, 0) is 6.54 Å². The van der Waals surface area contributed by atoms with E-state index in [4.69, 9.17) is 15.0 Å². The Balaban J connectivity index is 1.94. The lowest BCUT2D eigenvalue weighted by Crippen LogP contribution is -2.24. The first-order valence-electron chi connectivity index (χ1n) is 6.56. The van der Waals surface area contributed by atoms with E-state index in [1.165, 1.54) is 6.42 Å². The molecule has 1 aliphatic carbocycles. The van der Waals surface area contributed by atoms with E-state index < -0.39 is 0 Å². The van der Waals surface area contributed by atoms with Crippen molar-refractivity contribution in [1.29, 1.82) is 0 Å². The Hall–Kier alpha value is -1.88.